The molecule has 2 fully saturated rings. The van der Waals surface area contributed by atoms with E-state index in [2.05, 4.69) is 16.3 Å². The number of carbonyl (C=O) groups excluding carboxylic acids is 1. The number of nitrogens with zero attached hydrogens (tertiary/aromatic N) is 2. The second kappa shape index (κ2) is 9.85. The number of amides is 1. The van der Waals surface area contributed by atoms with E-state index in [-0.39, 0.29) is 5.91 Å². The number of hydrogen-bond acceptors (Lipinski definition) is 4. The molecule has 34 heavy (non-hydrogen) atoms. The normalized spacial score (nSPS) is 20.0. The topological polar surface area (TPSA) is 48.7 Å². The van der Waals surface area contributed by atoms with Crippen molar-refractivity contribution in [2.24, 2.45) is 11.8 Å². The molecule has 3 heterocycles. The number of likely N-dealkylation sites (tertiary alicyclic amines) is 2. The standard InChI is InChI=1S/C28H32ClN3O2/c1-19-9-10-24(13-26(19)29)30-11-6-12-31-15-22-17-32(18-23(22)16-31)28(33)25-14-27(34-20(25)2)21-7-4-3-5-8-21/h3-5,7-10,13-14,22-23,30H,6,11-12,15-18H2,1-2H3. The van der Waals surface area contributed by atoms with Crippen molar-refractivity contribution < 1.29 is 9.21 Å². The van der Waals surface area contributed by atoms with E-state index >= 15 is 0 Å². The van der Waals surface area contributed by atoms with Crippen LogP contribution in [0, 0.1) is 25.7 Å². The number of benzene rings is 2. The smallest absolute Gasteiger partial charge is 0.257 e. The van der Waals surface area contributed by atoms with E-state index in [1.54, 1.807) is 0 Å². The van der Waals surface area contributed by atoms with Crippen molar-refractivity contribution in [1.29, 1.82) is 0 Å². The highest BCUT2D eigenvalue weighted by molar-refractivity contribution is 6.31. The van der Waals surface area contributed by atoms with Gasteiger partial charge in [-0.25, -0.2) is 0 Å². The maximum atomic E-state index is 13.3. The molecule has 2 unspecified atom stereocenters. The Kier molecular flexibility index (Phi) is 6.66. The fourth-order valence-corrected chi connectivity index (χ4v) is 5.47. The molecule has 2 aliphatic rings. The molecule has 2 atom stereocenters. The molecule has 0 bridgehead atoms. The first kappa shape index (κ1) is 23.0. The van der Waals surface area contributed by atoms with Crippen LogP contribution in [-0.4, -0.2) is 55.0 Å². The van der Waals surface area contributed by atoms with Crippen molar-refractivity contribution >= 4 is 23.2 Å². The van der Waals surface area contributed by atoms with Crippen LogP contribution < -0.4 is 5.32 Å². The molecule has 0 saturated carbocycles. The van der Waals surface area contributed by atoms with Gasteiger partial charge in [0.15, 0.2) is 0 Å². The summed E-state index contributed by atoms with van der Waals surface area (Å²) in [6.45, 7) is 9.74. The summed E-state index contributed by atoms with van der Waals surface area (Å²) in [4.78, 5) is 17.8. The molecule has 0 radical (unpaired) electrons. The lowest BCUT2D eigenvalue weighted by Crippen LogP contribution is -2.34. The van der Waals surface area contributed by atoms with E-state index in [1.807, 2.05) is 67.3 Å². The number of carbonyl (C=O) groups is 1. The van der Waals surface area contributed by atoms with Crippen LogP contribution in [0.5, 0.6) is 0 Å². The first-order valence-electron chi connectivity index (χ1n) is 12.2. The van der Waals surface area contributed by atoms with Gasteiger partial charge in [0.05, 0.1) is 5.56 Å². The van der Waals surface area contributed by atoms with Crippen LogP contribution in [0.15, 0.2) is 59.0 Å². The average Bonchev–Trinajstić information content (AvgIpc) is 3.52. The molecule has 2 saturated heterocycles. The Morgan fingerprint density at radius 2 is 1.76 bits per heavy atom. The van der Waals surface area contributed by atoms with Gasteiger partial charge in [0.1, 0.15) is 11.5 Å². The number of furan rings is 1. The lowest BCUT2D eigenvalue weighted by atomic mass is 10.0. The largest absolute Gasteiger partial charge is 0.461 e. The van der Waals surface area contributed by atoms with Gasteiger partial charge in [-0.3, -0.25) is 4.79 Å². The zero-order chi connectivity index (χ0) is 23.7. The Morgan fingerprint density at radius 1 is 1.03 bits per heavy atom. The van der Waals surface area contributed by atoms with Gasteiger partial charge in [0.25, 0.3) is 5.91 Å². The van der Waals surface area contributed by atoms with E-state index < -0.39 is 0 Å². The van der Waals surface area contributed by atoms with E-state index in [0.717, 1.165) is 73.3 Å². The fourth-order valence-electron chi connectivity index (χ4n) is 5.29. The fraction of sp³-hybridized carbons (Fsp3) is 0.393. The minimum absolute atomic E-state index is 0.102. The highest BCUT2D eigenvalue weighted by Gasteiger charge is 2.41. The summed E-state index contributed by atoms with van der Waals surface area (Å²) in [5, 5.41) is 4.28. The summed E-state index contributed by atoms with van der Waals surface area (Å²) in [7, 11) is 0. The molecule has 5 rings (SSSR count). The van der Waals surface area contributed by atoms with Crippen molar-refractivity contribution in [1.82, 2.24) is 9.80 Å². The molecule has 2 aliphatic heterocycles. The van der Waals surface area contributed by atoms with Crippen molar-refractivity contribution in [3.63, 3.8) is 0 Å². The van der Waals surface area contributed by atoms with Crippen molar-refractivity contribution in [2.75, 3.05) is 44.6 Å². The summed E-state index contributed by atoms with van der Waals surface area (Å²) in [6.07, 6.45) is 1.09. The molecule has 1 amide bonds. The van der Waals surface area contributed by atoms with Gasteiger partial charge in [-0.15, -0.1) is 0 Å². The molecule has 1 aromatic heterocycles. The Balaban J connectivity index is 1.10. The van der Waals surface area contributed by atoms with E-state index in [0.29, 0.717) is 23.2 Å². The third kappa shape index (κ3) is 4.86. The van der Waals surface area contributed by atoms with Crippen LogP contribution in [0.4, 0.5) is 5.69 Å². The Labute approximate surface area is 206 Å². The number of hydrogen-bond donors (Lipinski definition) is 1. The monoisotopic (exact) mass is 477 g/mol. The average molecular weight is 478 g/mol. The third-order valence-electron chi connectivity index (χ3n) is 7.21. The SMILES string of the molecule is Cc1ccc(NCCCN2CC3CN(C(=O)c4cc(-c5ccccc5)oc4C)CC3C2)cc1Cl. The highest BCUT2D eigenvalue weighted by Crippen LogP contribution is 2.33. The molecule has 6 heteroatoms. The second-order valence-electron chi connectivity index (χ2n) is 9.68. The first-order valence-corrected chi connectivity index (χ1v) is 12.5. The Hall–Kier alpha value is -2.76. The summed E-state index contributed by atoms with van der Waals surface area (Å²) in [5.41, 5.74) is 3.87. The molecule has 2 aromatic carbocycles. The van der Waals surface area contributed by atoms with E-state index in [1.165, 1.54) is 0 Å². The van der Waals surface area contributed by atoms with Crippen molar-refractivity contribution in [3.05, 3.63) is 76.5 Å². The number of rotatable bonds is 7. The summed E-state index contributed by atoms with van der Waals surface area (Å²) < 4.78 is 5.92. The molecule has 1 N–H and O–H groups in total. The van der Waals surface area contributed by atoms with Gasteiger partial charge >= 0.3 is 0 Å². The van der Waals surface area contributed by atoms with E-state index in [9.17, 15) is 4.79 Å². The quantitative estimate of drug-likeness (QED) is 0.442. The number of fused-ring (bicyclic) bond motifs is 1. The number of aryl methyl sites for hydroxylation is 2. The van der Waals surface area contributed by atoms with Crippen LogP contribution in [0.1, 0.15) is 28.1 Å². The first-order chi connectivity index (χ1) is 16.5. The molecule has 5 nitrogen and oxygen atoms in total. The third-order valence-corrected chi connectivity index (χ3v) is 7.61. The van der Waals surface area contributed by atoms with Crippen LogP contribution in [0.3, 0.4) is 0 Å². The van der Waals surface area contributed by atoms with Gasteiger partial charge in [-0.05, 0) is 62.4 Å². The lowest BCUT2D eigenvalue weighted by molar-refractivity contribution is 0.0772. The number of nitrogens with one attached hydrogen (secondary N) is 1. The minimum Gasteiger partial charge on any atom is -0.461 e. The van der Waals surface area contributed by atoms with Gasteiger partial charge in [0, 0.05) is 49.0 Å². The van der Waals surface area contributed by atoms with Gasteiger partial charge < -0.3 is 19.5 Å². The molecule has 0 aliphatic carbocycles. The Morgan fingerprint density at radius 3 is 2.47 bits per heavy atom. The van der Waals surface area contributed by atoms with Gasteiger partial charge in [0.2, 0.25) is 0 Å². The number of anilines is 1. The zero-order valence-corrected chi connectivity index (χ0v) is 20.6. The lowest BCUT2D eigenvalue weighted by Gasteiger charge is -2.21. The highest BCUT2D eigenvalue weighted by atomic mass is 35.5. The van der Waals surface area contributed by atoms with Crippen molar-refractivity contribution in [2.45, 2.75) is 20.3 Å². The Bertz CT molecular complexity index is 1150. The maximum absolute atomic E-state index is 13.3. The van der Waals surface area contributed by atoms with Crippen LogP contribution >= 0.6 is 11.6 Å². The predicted octanol–water partition coefficient (Wildman–Crippen LogP) is 5.72. The number of halogens is 1. The van der Waals surface area contributed by atoms with Crippen LogP contribution in [0.2, 0.25) is 5.02 Å². The molecule has 178 valence electrons. The molecular formula is C28H32ClN3O2. The van der Waals surface area contributed by atoms with Gasteiger partial charge in [-0.1, -0.05) is 48.0 Å². The van der Waals surface area contributed by atoms with Crippen LogP contribution in [0.25, 0.3) is 11.3 Å². The predicted molar refractivity (Wildman–Crippen MR) is 138 cm³/mol. The van der Waals surface area contributed by atoms with Crippen LogP contribution in [-0.2, 0) is 0 Å². The summed E-state index contributed by atoms with van der Waals surface area (Å²) in [6, 6.07) is 18.0. The second-order valence-corrected chi connectivity index (χ2v) is 10.1. The van der Waals surface area contributed by atoms with E-state index in [4.69, 9.17) is 16.0 Å². The molecule has 3 aromatic rings. The summed E-state index contributed by atoms with van der Waals surface area (Å²) >= 11 is 6.21. The minimum atomic E-state index is 0.102. The van der Waals surface area contributed by atoms with Gasteiger partial charge in [-0.2, -0.15) is 0 Å². The molecular weight excluding hydrogens is 446 g/mol. The zero-order valence-electron chi connectivity index (χ0n) is 19.9. The maximum Gasteiger partial charge on any atom is 0.257 e. The van der Waals surface area contributed by atoms with Crippen molar-refractivity contribution in [3.8, 4) is 11.3 Å². The summed E-state index contributed by atoms with van der Waals surface area (Å²) in [5.74, 6) is 2.69. The molecule has 0 spiro atoms.